The van der Waals surface area contributed by atoms with Crippen molar-refractivity contribution in [2.24, 2.45) is 16.6 Å². The Kier molecular flexibility index (Phi) is 4.16. The number of aryl methyl sites for hydroxylation is 1. The van der Waals surface area contributed by atoms with E-state index in [4.69, 9.17) is 5.73 Å². The van der Waals surface area contributed by atoms with E-state index < -0.39 is 0 Å². The molecular weight excluding hydrogens is 186 g/mol. The minimum atomic E-state index is 0.481. The summed E-state index contributed by atoms with van der Waals surface area (Å²) in [4.78, 5) is 4.23. The number of guanidine groups is 1. The molecule has 1 rings (SSSR count). The molecule has 0 aromatic heterocycles. The number of benzene rings is 1. The summed E-state index contributed by atoms with van der Waals surface area (Å²) in [5.41, 5.74) is 7.93. The molecule has 0 amide bonds. The fourth-order valence-electron chi connectivity index (χ4n) is 1.19. The molecule has 82 valence electrons. The van der Waals surface area contributed by atoms with Crippen LogP contribution in [0, 0.1) is 12.8 Å². The third kappa shape index (κ3) is 4.49. The second-order valence-electron chi connectivity index (χ2n) is 4.11. The van der Waals surface area contributed by atoms with Crippen LogP contribution in [0.1, 0.15) is 19.4 Å². The Balaban J connectivity index is 2.58. The third-order valence-electron chi connectivity index (χ3n) is 1.92. The molecule has 0 atom stereocenters. The number of anilines is 1. The number of hydrogen-bond acceptors (Lipinski definition) is 1. The Hall–Kier alpha value is -1.51. The molecule has 0 spiro atoms. The van der Waals surface area contributed by atoms with Gasteiger partial charge in [0.25, 0.3) is 0 Å². The first-order valence-corrected chi connectivity index (χ1v) is 5.21. The Morgan fingerprint density at radius 1 is 1.47 bits per heavy atom. The lowest BCUT2D eigenvalue weighted by Crippen LogP contribution is -2.23. The summed E-state index contributed by atoms with van der Waals surface area (Å²) < 4.78 is 0. The maximum atomic E-state index is 5.74. The predicted octanol–water partition coefficient (Wildman–Crippen LogP) is 2.38. The second kappa shape index (κ2) is 5.39. The van der Waals surface area contributed by atoms with E-state index in [1.807, 2.05) is 31.2 Å². The number of aliphatic imine (C=N–C) groups is 1. The summed E-state index contributed by atoms with van der Waals surface area (Å²) in [6.45, 7) is 7.03. The Labute approximate surface area is 91.4 Å². The minimum absolute atomic E-state index is 0.481. The molecule has 0 fully saturated rings. The number of hydrogen-bond donors (Lipinski definition) is 2. The molecule has 0 radical (unpaired) electrons. The van der Waals surface area contributed by atoms with E-state index in [0.29, 0.717) is 11.9 Å². The molecule has 0 bridgehead atoms. The van der Waals surface area contributed by atoms with Gasteiger partial charge < -0.3 is 11.1 Å². The molecule has 0 heterocycles. The van der Waals surface area contributed by atoms with Gasteiger partial charge in [-0.05, 0) is 30.5 Å². The molecule has 0 unspecified atom stereocenters. The van der Waals surface area contributed by atoms with Crippen LogP contribution in [0.4, 0.5) is 5.69 Å². The lowest BCUT2D eigenvalue weighted by Gasteiger charge is -2.07. The highest BCUT2D eigenvalue weighted by atomic mass is 15.1. The van der Waals surface area contributed by atoms with E-state index in [2.05, 4.69) is 24.2 Å². The highest BCUT2D eigenvalue weighted by Gasteiger charge is 1.96. The van der Waals surface area contributed by atoms with Gasteiger partial charge in [-0.3, -0.25) is 4.99 Å². The highest BCUT2D eigenvalue weighted by Crippen LogP contribution is 2.08. The van der Waals surface area contributed by atoms with Gasteiger partial charge in [0, 0.05) is 12.2 Å². The molecule has 15 heavy (non-hydrogen) atoms. The van der Waals surface area contributed by atoms with E-state index in [1.54, 1.807) is 0 Å². The highest BCUT2D eigenvalue weighted by molar-refractivity contribution is 5.92. The molecule has 0 aliphatic rings. The number of nitrogens with two attached hydrogens (primary N) is 1. The Morgan fingerprint density at radius 3 is 2.80 bits per heavy atom. The van der Waals surface area contributed by atoms with Crippen LogP contribution in [-0.4, -0.2) is 12.5 Å². The summed E-state index contributed by atoms with van der Waals surface area (Å²) in [6.07, 6.45) is 0. The zero-order valence-electron chi connectivity index (χ0n) is 9.62. The smallest absolute Gasteiger partial charge is 0.193 e. The van der Waals surface area contributed by atoms with Gasteiger partial charge in [-0.2, -0.15) is 0 Å². The lowest BCUT2D eigenvalue weighted by molar-refractivity contribution is 0.665. The third-order valence-corrected chi connectivity index (χ3v) is 1.92. The van der Waals surface area contributed by atoms with Crippen molar-refractivity contribution in [1.29, 1.82) is 0 Å². The van der Waals surface area contributed by atoms with E-state index in [1.165, 1.54) is 5.56 Å². The summed E-state index contributed by atoms with van der Waals surface area (Å²) in [6, 6.07) is 8.06. The largest absolute Gasteiger partial charge is 0.370 e. The van der Waals surface area contributed by atoms with Gasteiger partial charge in [0.15, 0.2) is 5.96 Å². The van der Waals surface area contributed by atoms with Gasteiger partial charge in [0.1, 0.15) is 0 Å². The molecule has 1 aromatic carbocycles. The van der Waals surface area contributed by atoms with E-state index in [9.17, 15) is 0 Å². The molecular formula is C12H19N3. The van der Waals surface area contributed by atoms with Crippen LogP contribution < -0.4 is 11.1 Å². The first kappa shape index (κ1) is 11.6. The van der Waals surface area contributed by atoms with E-state index in [-0.39, 0.29) is 0 Å². The molecule has 3 nitrogen and oxygen atoms in total. The van der Waals surface area contributed by atoms with Crippen molar-refractivity contribution < 1.29 is 0 Å². The Bertz CT molecular complexity index is 342. The monoisotopic (exact) mass is 205 g/mol. The van der Waals surface area contributed by atoms with Gasteiger partial charge in [-0.15, -0.1) is 0 Å². The van der Waals surface area contributed by atoms with Crippen molar-refractivity contribution in [3.63, 3.8) is 0 Å². The van der Waals surface area contributed by atoms with Crippen LogP contribution in [-0.2, 0) is 0 Å². The quantitative estimate of drug-likeness (QED) is 0.588. The van der Waals surface area contributed by atoms with Crippen LogP contribution in [0.15, 0.2) is 29.3 Å². The van der Waals surface area contributed by atoms with Gasteiger partial charge >= 0.3 is 0 Å². The lowest BCUT2D eigenvalue weighted by atomic mass is 10.2. The normalized spacial score (nSPS) is 11.9. The minimum Gasteiger partial charge on any atom is -0.370 e. The predicted molar refractivity (Wildman–Crippen MR) is 66.1 cm³/mol. The van der Waals surface area contributed by atoms with Crippen LogP contribution in [0.2, 0.25) is 0 Å². The summed E-state index contributed by atoms with van der Waals surface area (Å²) >= 11 is 0. The number of rotatable bonds is 3. The average Bonchev–Trinajstić information content (AvgIpc) is 2.15. The van der Waals surface area contributed by atoms with Crippen molar-refractivity contribution in [3.05, 3.63) is 29.8 Å². The molecule has 1 aromatic rings. The molecule has 0 aliphatic carbocycles. The summed E-state index contributed by atoms with van der Waals surface area (Å²) in [5.74, 6) is 1.01. The summed E-state index contributed by atoms with van der Waals surface area (Å²) in [7, 11) is 0. The number of nitrogens with zero attached hydrogens (tertiary/aromatic N) is 1. The van der Waals surface area contributed by atoms with Crippen molar-refractivity contribution in [3.8, 4) is 0 Å². The maximum Gasteiger partial charge on any atom is 0.193 e. The Morgan fingerprint density at radius 2 is 2.20 bits per heavy atom. The zero-order chi connectivity index (χ0) is 11.3. The average molecular weight is 205 g/mol. The van der Waals surface area contributed by atoms with E-state index >= 15 is 0 Å². The van der Waals surface area contributed by atoms with Crippen LogP contribution in [0.3, 0.4) is 0 Å². The summed E-state index contributed by atoms with van der Waals surface area (Å²) in [5, 5.41) is 3.07. The van der Waals surface area contributed by atoms with Crippen molar-refractivity contribution in [1.82, 2.24) is 0 Å². The van der Waals surface area contributed by atoms with E-state index in [0.717, 1.165) is 12.2 Å². The van der Waals surface area contributed by atoms with Crippen molar-refractivity contribution in [2.75, 3.05) is 11.9 Å². The van der Waals surface area contributed by atoms with Crippen LogP contribution in [0.25, 0.3) is 0 Å². The first-order chi connectivity index (χ1) is 7.08. The van der Waals surface area contributed by atoms with Crippen LogP contribution in [0.5, 0.6) is 0 Å². The zero-order valence-corrected chi connectivity index (χ0v) is 9.62. The van der Waals surface area contributed by atoms with Gasteiger partial charge in [0.05, 0.1) is 0 Å². The molecule has 3 heteroatoms. The van der Waals surface area contributed by atoms with Gasteiger partial charge in [0.2, 0.25) is 0 Å². The number of nitrogens with one attached hydrogen (secondary N) is 1. The topological polar surface area (TPSA) is 50.4 Å². The SMILES string of the molecule is Cc1cccc(NC(N)=NCC(C)C)c1. The van der Waals surface area contributed by atoms with Gasteiger partial charge in [-0.1, -0.05) is 26.0 Å². The standard InChI is InChI=1S/C12H19N3/c1-9(2)8-14-12(13)15-11-6-4-5-10(3)7-11/h4-7,9H,8H2,1-3H3,(H3,13,14,15). The van der Waals surface area contributed by atoms with Crippen LogP contribution >= 0.6 is 0 Å². The fraction of sp³-hybridized carbons (Fsp3) is 0.417. The molecule has 0 aliphatic heterocycles. The maximum absolute atomic E-state index is 5.74. The fourth-order valence-corrected chi connectivity index (χ4v) is 1.19. The van der Waals surface area contributed by atoms with Gasteiger partial charge in [-0.25, -0.2) is 0 Å². The van der Waals surface area contributed by atoms with Crippen molar-refractivity contribution in [2.45, 2.75) is 20.8 Å². The molecule has 0 saturated heterocycles. The molecule has 3 N–H and O–H groups in total. The van der Waals surface area contributed by atoms with Crippen molar-refractivity contribution >= 4 is 11.6 Å². The second-order valence-corrected chi connectivity index (χ2v) is 4.11. The first-order valence-electron chi connectivity index (χ1n) is 5.21. The molecule has 0 saturated carbocycles.